The maximum absolute atomic E-state index is 12.5. The second kappa shape index (κ2) is 8.37. The van der Waals surface area contributed by atoms with E-state index in [4.69, 9.17) is 10.5 Å². The molecule has 1 atom stereocenters. The third kappa shape index (κ3) is 5.65. The van der Waals surface area contributed by atoms with Gasteiger partial charge in [-0.2, -0.15) is 0 Å². The highest BCUT2D eigenvalue weighted by Crippen LogP contribution is 2.27. The van der Waals surface area contributed by atoms with Gasteiger partial charge in [0, 0.05) is 13.0 Å². The SMILES string of the molecule is CCOC(=O)C1CCCCN1C(=O)CCC(C)(C)CCN. The van der Waals surface area contributed by atoms with Crippen LogP contribution in [-0.4, -0.2) is 42.5 Å². The standard InChI is InChI=1S/C16H30N2O3/c1-4-21-15(20)13-7-5-6-12-18(13)14(19)8-9-16(2,3)10-11-17/h13H,4-12,17H2,1-3H3. The fraction of sp³-hybridized carbons (Fsp3) is 0.875. The molecule has 0 aromatic carbocycles. The molecule has 1 aliphatic heterocycles. The second-order valence-electron chi connectivity index (χ2n) is 6.55. The number of likely N-dealkylation sites (tertiary alicyclic amines) is 1. The molecule has 1 heterocycles. The van der Waals surface area contributed by atoms with Gasteiger partial charge in [-0.1, -0.05) is 13.8 Å². The van der Waals surface area contributed by atoms with E-state index in [0.29, 0.717) is 26.1 Å². The van der Waals surface area contributed by atoms with Crippen molar-refractivity contribution < 1.29 is 14.3 Å². The zero-order valence-electron chi connectivity index (χ0n) is 13.7. The highest BCUT2D eigenvalue weighted by atomic mass is 16.5. The molecule has 0 aromatic heterocycles. The Morgan fingerprint density at radius 3 is 2.62 bits per heavy atom. The summed E-state index contributed by atoms with van der Waals surface area (Å²) in [6.45, 7) is 7.72. The summed E-state index contributed by atoms with van der Waals surface area (Å²) in [4.78, 5) is 26.2. The predicted molar refractivity (Wildman–Crippen MR) is 82.7 cm³/mol. The topological polar surface area (TPSA) is 72.6 Å². The molecule has 1 unspecified atom stereocenters. The van der Waals surface area contributed by atoms with E-state index in [1.54, 1.807) is 11.8 Å². The van der Waals surface area contributed by atoms with Crippen molar-refractivity contribution in [2.75, 3.05) is 19.7 Å². The molecule has 1 rings (SSSR count). The summed E-state index contributed by atoms with van der Waals surface area (Å²) < 4.78 is 5.10. The number of piperidine rings is 1. The Morgan fingerprint density at radius 1 is 1.29 bits per heavy atom. The fourth-order valence-corrected chi connectivity index (χ4v) is 2.82. The Bertz CT molecular complexity index is 355. The Kier molecular flexibility index (Phi) is 7.15. The third-order valence-electron chi connectivity index (χ3n) is 4.22. The number of amides is 1. The van der Waals surface area contributed by atoms with Gasteiger partial charge < -0.3 is 15.4 Å². The van der Waals surface area contributed by atoms with Crippen molar-refractivity contribution in [1.29, 1.82) is 0 Å². The summed E-state index contributed by atoms with van der Waals surface area (Å²) in [5.74, 6) is -0.190. The average Bonchev–Trinajstić information content (AvgIpc) is 2.45. The van der Waals surface area contributed by atoms with Crippen LogP contribution in [0.3, 0.4) is 0 Å². The second-order valence-corrected chi connectivity index (χ2v) is 6.55. The molecule has 122 valence electrons. The van der Waals surface area contributed by atoms with E-state index in [0.717, 1.165) is 32.1 Å². The number of carbonyl (C=O) groups is 2. The number of esters is 1. The smallest absolute Gasteiger partial charge is 0.328 e. The van der Waals surface area contributed by atoms with Gasteiger partial charge in [-0.05, 0) is 51.0 Å². The molecule has 1 amide bonds. The molecule has 0 saturated carbocycles. The maximum atomic E-state index is 12.5. The first-order valence-electron chi connectivity index (χ1n) is 8.07. The van der Waals surface area contributed by atoms with E-state index in [9.17, 15) is 9.59 Å². The van der Waals surface area contributed by atoms with Crippen LogP contribution in [0.4, 0.5) is 0 Å². The van der Waals surface area contributed by atoms with E-state index >= 15 is 0 Å². The number of rotatable bonds is 7. The first-order chi connectivity index (χ1) is 9.91. The van der Waals surface area contributed by atoms with Crippen molar-refractivity contribution in [2.24, 2.45) is 11.1 Å². The van der Waals surface area contributed by atoms with E-state index in [1.165, 1.54) is 0 Å². The van der Waals surface area contributed by atoms with E-state index in [2.05, 4.69) is 13.8 Å². The van der Waals surface area contributed by atoms with E-state index in [1.807, 2.05) is 0 Å². The lowest BCUT2D eigenvalue weighted by Crippen LogP contribution is -2.48. The van der Waals surface area contributed by atoms with E-state index in [-0.39, 0.29) is 23.3 Å². The van der Waals surface area contributed by atoms with Crippen LogP contribution in [0.5, 0.6) is 0 Å². The van der Waals surface area contributed by atoms with Crippen LogP contribution in [0, 0.1) is 5.41 Å². The Labute approximate surface area is 128 Å². The van der Waals surface area contributed by atoms with Gasteiger partial charge in [0.1, 0.15) is 6.04 Å². The fourth-order valence-electron chi connectivity index (χ4n) is 2.82. The van der Waals surface area contributed by atoms with Crippen molar-refractivity contribution >= 4 is 11.9 Å². The number of hydrogen-bond acceptors (Lipinski definition) is 4. The largest absolute Gasteiger partial charge is 0.464 e. The number of carbonyl (C=O) groups excluding carboxylic acids is 2. The van der Waals surface area contributed by atoms with Crippen LogP contribution >= 0.6 is 0 Å². The lowest BCUT2D eigenvalue weighted by molar-refractivity contribution is -0.156. The number of hydrogen-bond donors (Lipinski definition) is 1. The summed E-state index contributed by atoms with van der Waals surface area (Å²) in [5, 5.41) is 0. The Morgan fingerprint density at radius 2 is 2.00 bits per heavy atom. The first kappa shape index (κ1) is 18.0. The van der Waals surface area contributed by atoms with Gasteiger partial charge in [-0.3, -0.25) is 4.79 Å². The van der Waals surface area contributed by atoms with Gasteiger partial charge in [-0.15, -0.1) is 0 Å². The molecule has 5 heteroatoms. The highest BCUT2D eigenvalue weighted by molar-refractivity contribution is 5.84. The monoisotopic (exact) mass is 298 g/mol. The van der Waals surface area contributed by atoms with Gasteiger partial charge in [0.2, 0.25) is 5.91 Å². The molecule has 5 nitrogen and oxygen atoms in total. The van der Waals surface area contributed by atoms with Gasteiger partial charge >= 0.3 is 5.97 Å². The zero-order chi connectivity index (χ0) is 15.9. The summed E-state index contributed by atoms with van der Waals surface area (Å²) in [6.07, 6.45) is 4.84. The molecule has 0 radical (unpaired) electrons. The van der Waals surface area contributed by atoms with Crippen LogP contribution in [0.25, 0.3) is 0 Å². The summed E-state index contributed by atoms with van der Waals surface area (Å²) in [6, 6.07) is -0.385. The normalized spacial score (nSPS) is 19.4. The number of ether oxygens (including phenoxy) is 1. The minimum Gasteiger partial charge on any atom is -0.464 e. The minimum absolute atomic E-state index is 0.0675. The molecule has 21 heavy (non-hydrogen) atoms. The zero-order valence-corrected chi connectivity index (χ0v) is 13.7. The molecule has 0 aliphatic carbocycles. The van der Waals surface area contributed by atoms with Gasteiger partial charge in [0.25, 0.3) is 0 Å². The molecule has 1 saturated heterocycles. The molecule has 2 N–H and O–H groups in total. The van der Waals surface area contributed by atoms with Crippen molar-refractivity contribution in [3.63, 3.8) is 0 Å². The molecule has 1 aliphatic rings. The van der Waals surface area contributed by atoms with E-state index < -0.39 is 0 Å². The van der Waals surface area contributed by atoms with Crippen LogP contribution in [-0.2, 0) is 14.3 Å². The summed E-state index contributed by atoms with van der Waals surface area (Å²) in [5.41, 5.74) is 5.67. The van der Waals surface area contributed by atoms with Gasteiger partial charge in [-0.25, -0.2) is 4.79 Å². The van der Waals surface area contributed by atoms with Crippen molar-refractivity contribution in [2.45, 2.75) is 65.3 Å². The molecular formula is C16H30N2O3. The lowest BCUT2D eigenvalue weighted by atomic mass is 9.84. The molecule has 1 fully saturated rings. The van der Waals surface area contributed by atoms with Crippen LogP contribution < -0.4 is 5.73 Å². The lowest BCUT2D eigenvalue weighted by Gasteiger charge is -2.35. The quantitative estimate of drug-likeness (QED) is 0.730. The van der Waals surface area contributed by atoms with Crippen LogP contribution in [0.2, 0.25) is 0 Å². The Hall–Kier alpha value is -1.10. The summed E-state index contributed by atoms with van der Waals surface area (Å²) >= 11 is 0. The van der Waals surface area contributed by atoms with Crippen molar-refractivity contribution in [1.82, 2.24) is 4.90 Å². The van der Waals surface area contributed by atoms with Gasteiger partial charge in [0.15, 0.2) is 0 Å². The maximum Gasteiger partial charge on any atom is 0.328 e. The molecular weight excluding hydrogens is 268 g/mol. The minimum atomic E-state index is -0.385. The molecule has 0 aromatic rings. The molecule has 0 spiro atoms. The van der Waals surface area contributed by atoms with Crippen molar-refractivity contribution in [3.05, 3.63) is 0 Å². The summed E-state index contributed by atoms with van der Waals surface area (Å²) in [7, 11) is 0. The van der Waals surface area contributed by atoms with Crippen molar-refractivity contribution in [3.8, 4) is 0 Å². The molecule has 0 bridgehead atoms. The Balaban J connectivity index is 2.59. The highest BCUT2D eigenvalue weighted by Gasteiger charge is 2.33. The van der Waals surface area contributed by atoms with Gasteiger partial charge in [0.05, 0.1) is 6.61 Å². The number of nitrogens with zero attached hydrogens (tertiary/aromatic N) is 1. The predicted octanol–water partition coefficient (Wildman–Crippen LogP) is 2.09. The van der Waals surface area contributed by atoms with Crippen LogP contribution in [0.1, 0.15) is 59.3 Å². The number of nitrogens with two attached hydrogens (primary N) is 1. The average molecular weight is 298 g/mol. The third-order valence-corrected chi connectivity index (χ3v) is 4.22. The van der Waals surface area contributed by atoms with Crippen LogP contribution in [0.15, 0.2) is 0 Å². The first-order valence-corrected chi connectivity index (χ1v) is 8.07.